The number of hydrogen-bond acceptors (Lipinski definition) is 3. The van der Waals surface area contributed by atoms with Gasteiger partial charge >= 0.3 is 6.18 Å². The number of nitrogens with zero attached hydrogens (tertiary/aromatic N) is 2. The number of carbonyl (C=O) groups excluding carboxylic acids is 1. The number of halogens is 4. The number of nitrogens with one attached hydrogen (secondary N) is 1. The Hall–Kier alpha value is -2.06. The number of alkyl halides is 3. The minimum Gasteiger partial charge on any atom is -0.378 e. The van der Waals surface area contributed by atoms with Crippen LogP contribution in [0.5, 0.6) is 0 Å². The Balaban J connectivity index is 1.94. The summed E-state index contributed by atoms with van der Waals surface area (Å²) in [6.45, 7) is 1.55. The molecule has 1 aromatic heterocycles. The molecule has 1 aromatic carbocycles. The van der Waals surface area contributed by atoms with Gasteiger partial charge in [-0.25, -0.2) is 0 Å². The van der Waals surface area contributed by atoms with Crippen LogP contribution in [0, 0.1) is 6.92 Å². The van der Waals surface area contributed by atoms with Gasteiger partial charge in [-0.1, -0.05) is 29.8 Å². The zero-order valence-corrected chi connectivity index (χ0v) is 13.4. The molecule has 2 aromatic rings. The van der Waals surface area contributed by atoms with E-state index in [9.17, 15) is 23.1 Å². The highest BCUT2D eigenvalue weighted by Gasteiger charge is 2.34. The number of hydrogen-bond donors (Lipinski definition) is 2. The second-order valence-electron chi connectivity index (χ2n) is 5.11. The fourth-order valence-corrected chi connectivity index (χ4v) is 2.33. The molecule has 0 spiro atoms. The Morgan fingerprint density at radius 2 is 2.08 bits per heavy atom. The summed E-state index contributed by atoms with van der Waals surface area (Å²) in [5, 5.41) is 16.1. The summed E-state index contributed by atoms with van der Waals surface area (Å²) in [5.74, 6) is -0.691. The van der Waals surface area contributed by atoms with Crippen molar-refractivity contribution in [1.29, 1.82) is 0 Å². The lowest BCUT2D eigenvalue weighted by Gasteiger charge is -2.13. The van der Waals surface area contributed by atoms with Crippen LogP contribution >= 0.6 is 11.6 Å². The lowest BCUT2D eigenvalue weighted by Crippen LogP contribution is -2.32. The number of aliphatic hydroxyl groups excluding tert-OH is 1. The van der Waals surface area contributed by atoms with Gasteiger partial charge in [0.05, 0.1) is 6.54 Å². The normalized spacial score (nSPS) is 12.9. The van der Waals surface area contributed by atoms with Gasteiger partial charge in [0.2, 0.25) is 0 Å². The van der Waals surface area contributed by atoms with Gasteiger partial charge < -0.3 is 10.4 Å². The van der Waals surface area contributed by atoms with Crippen LogP contribution in [0.4, 0.5) is 13.2 Å². The highest BCUT2D eigenvalue weighted by atomic mass is 35.5. The van der Waals surface area contributed by atoms with Crippen LogP contribution in [0.2, 0.25) is 5.02 Å². The monoisotopic (exact) mass is 361 g/mol. The molecule has 0 saturated carbocycles. The van der Waals surface area contributed by atoms with Crippen LogP contribution in [0.1, 0.15) is 23.1 Å². The van der Waals surface area contributed by atoms with Crippen molar-refractivity contribution in [3.63, 3.8) is 0 Å². The zero-order chi connectivity index (χ0) is 17.9. The van der Waals surface area contributed by atoms with Gasteiger partial charge in [0.1, 0.15) is 0 Å². The lowest BCUT2D eigenvalue weighted by molar-refractivity contribution is -0.141. The summed E-state index contributed by atoms with van der Waals surface area (Å²) in [4.78, 5) is 11.9. The maximum absolute atomic E-state index is 12.6. The van der Waals surface area contributed by atoms with E-state index in [0.29, 0.717) is 5.69 Å². The first-order valence-corrected chi connectivity index (χ1v) is 7.40. The van der Waals surface area contributed by atoms with Crippen molar-refractivity contribution in [2.24, 2.45) is 0 Å². The van der Waals surface area contributed by atoms with Crippen LogP contribution in [-0.2, 0) is 17.5 Å². The molecule has 5 nitrogen and oxygen atoms in total. The predicted molar refractivity (Wildman–Crippen MR) is 81.4 cm³/mol. The number of aliphatic hydroxyl groups is 1. The van der Waals surface area contributed by atoms with Crippen LogP contribution in [-0.4, -0.2) is 27.3 Å². The molecule has 0 saturated heterocycles. The number of amides is 1. The van der Waals surface area contributed by atoms with Crippen molar-refractivity contribution >= 4 is 17.5 Å². The molecule has 2 N–H and O–H groups in total. The molecule has 9 heteroatoms. The largest absolute Gasteiger partial charge is 0.435 e. The third-order valence-electron chi connectivity index (χ3n) is 3.34. The molecular weight excluding hydrogens is 347 g/mol. The number of carbonyl (C=O) groups is 1. The van der Waals surface area contributed by atoms with E-state index in [4.69, 9.17) is 11.6 Å². The fraction of sp³-hybridized carbons (Fsp3) is 0.333. The van der Waals surface area contributed by atoms with Crippen molar-refractivity contribution < 1.29 is 23.1 Å². The first-order valence-electron chi connectivity index (χ1n) is 7.02. The first-order chi connectivity index (χ1) is 11.2. The lowest BCUT2D eigenvalue weighted by atomic mass is 10.1. The van der Waals surface area contributed by atoms with E-state index in [-0.39, 0.29) is 23.7 Å². The van der Waals surface area contributed by atoms with E-state index in [0.717, 1.165) is 10.7 Å². The standard InChI is InChI=1S/C15H15ClF3N3O2/c1-9-8-12(15(17,18)19)21-22(9)7-6-20-14(24)13(23)10-4-2-3-5-11(10)16/h2-5,8,13,23H,6-7H2,1H3,(H,20,24)/t13-/m0/s1. The number of rotatable bonds is 5. The summed E-state index contributed by atoms with van der Waals surface area (Å²) >= 11 is 5.90. The van der Waals surface area contributed by atoms with E-state index < -0.39 is 23.9 Å². The Bertz CT molecular complexity index is 731. The summed E-state index contributed by atoms with van der Waals surface area (Å²) in [6.07, 6.45) is -5.97. The molecule has 0 aliphatic heterocycles. The first kappa shape index (κ1) is 18.3. The van der Waals surface area contributed by atoms with Crippen molar-refractivity contribution in [2.45, 2.75) is 25.7 Å². The molecule has 24 heavy (non-hydrogen) atoms. The average molecular weight is 362 g/mol. The van der Waals surface area contributed by atoms with Crippen molar-refractivity contribution in [3.05, 3.63) is 52.3 Å². The van der Waals surface area contributed by atoms with E-state index >= 15 is 0 Å². The van der Waals surface area contributed by atoms with E-state index in [1.54, 1.807) is 18.2 Å². The van der Waals surface area contributed by atoms with E-state index in [1.807, 2.05) is 0 Å². The Kier molecular flexibility index (Phi) is 5.51. The molecule has 1 heterocycles. The molecule has 0 radical (unpaired) electrons. The third-order valence-corrected chi connectivity index (χ3v) is 3.69. The molecule has 1 amide bonds. The van der Waals surface area contributed by atoms with Crippen molar-refractivity contribution in [2.75, 3.05) is 6.54 Å². The SMILES string of the molecule is Cc1cc(C(F)(F)F)nn1CCNC(=O)[C@@H](O)c1ccccc1Cl. The summed E-state index contributed by atoms with van der Waals surface area (Å²) in [6, 6.07) is 7.28. The molecule has 0 bridgehead atoms. The third kappa shape index (κ3) is 4.27. The van der Waals surface area contributed by atoms with Crippen LogP contribution in [0.15, 0.2) is 30.3 Å². The highest BCUT2D eigenvalue weighted by Crippen LogP contribution is 2.28. The van der Waals surface area contributed by atoms with Crippen LogP contribution < -0.4 is 5.32 Å². The molecule has 0 fully saturated rings. The Labute approximate surface area is 141 Å². The fourth-order valence-electron chi connectivity index (χ4n) is 2.09. The smallest absolute Gasteiger partial charge is 0.378 e. The van der Waals surface area contributed by atoms with Crippen LogP contribution in [0.25, 0.3) is 0 Å². The minimum atomic E-state index is -4.51. The number of aromatic nitrogens is 2. The molecule has 0 aliphatic carbocycles. The minimum absolute atomic E-state index is 0.0141. The van der Waals surface area contributed by atoms with Gasteiger partial charge in [0, 0.05) is 22.8 Å². The van der Waals surface area contributed by atoms with Gasteiger partial charge in [0.25, 0.3) is 5.91 Å². The molecule has 0 unspecified atom stereocenters. The highest BCUT2D eigenvalue weighted by molar-refractivity contribution is 6.31. The topological polar surface area (TPSA) is 67.2 Å². The molecule has 130 valence electrons. The second kappa shape index (κ2) is 7.23. The number of aryl methyl sites for hydroxylation is 1. The summed E-state index contributed by atoms with van der Waals surface area (Å²) < 4.78 is 38.9. The molecular formula is C15H15ClF3N3O2. The summed E-state index contributed by atoms with van der Waals surface area (Å²) in [5.41, 5.74) is -0.406. The molecule has 0 aliphatic rings. The quantitative estimate of drug-likeness (QED) is 0.860. The predicted octanol–water partition coefficient (Wildman–Crippen LogP) is 2.71. The van der Waals surface area contributed by atoms with Gasteiger partial charge in [-0.05, 0) is 19.1 Å². The second-order valence-corrected chi connectivity index (χ2v) is 5.51. The van der Waals surface area contributed by atoms with Gasteiger partial charge in [0.15, 0.2) is 11.8 Å². The Morgan fingerprint density at radius 1 is 1.42 bits per heavy atom. The number of benzene rings is 1. The molecule has 2 rings (SSSR count). The van der Waals surface area contributed by atoms with Crippen molar-refractivity contribution in [1.82, 2.24) is 15.1 Å². The maximum atomic E-state index is 12.6. The molecule has 1 atom stereocenters. The van der Waals surface area contributed by atoms with Gasteiger partial charge in [-0.2, -0.15) is 18.3 Å². The van der Waals surface area contributed by atoms with Crippen molar-refractivity contribution in [3.8, 4) is 0 Å². The average Bonchev–Trinajstić information content (AvgIpc) is 2.88. The summed E-state index contributed by atoms with van der Waals surface area (Å²) in [7, 11) is 0. The Morgan fingerprint density at radius 3 is 2.67 bits per heavy atom. The van der Waals surface area contributed by atoms with E-state index in [1.165, 1.54) is 13.0 Å². The van der Waals surface area contributed by atoms with Gasteiger partial charge in [-0.3, -0.25) is 9.48 Å². The maximum Gasteiger partial charge on any atom is 0.435 e. The van der Waals surface area contributed by atoms with E-state index in [2.05, 4.69) is 10.4 Å². The zero-order valence-electron chi connectivity index (χ0n) is 12.6. The van der Waals surface area contributed by atoms with Gasteiger partial charge in [-0.15, -0.1) is 0 Å². The van der Waals surface area contributed by atoms with Crippen LogP contribution in [0.3, 0.4) is 0 Å².